The lowest BCUT2D eigenvalue weighted by Crippen LogP contribution is -2.38. The first-order chi connectivity index (χ1) is 10.7. The van der Waals surface area contributed by atoms with Crippen LogP contribution in [0.3, 0.4) is 0 Å². The first-order valence-electron chi connectivity index (χ1n) is 7.51. The Bertz CT molecular complexity index is 521. The van der Waals surface area contributed by atoms with E-state index >= 15 is 0 Å². The molecule has 0 amide bonds. The summed E-state index contributed by atoms with van der Waals surface area (Å²) in [6.45, 7) is 6.37. The van der Waals surface area contributed by atoms with Gasteiger partial charge in [-0.2, -0.15) is 0 Å². The van der Waals surface area contributed by atoms with E-state index in [9.17, 15) is 0 Å². The van der Waals surface area contributed by atoms with Crippen molar-refractivity contribution < 1.29 is 9.47 Å². The molecule has 0 bridgehead atoms. The van der Waals surface area contributed by atoms with E-state index in [0.717, 1.165) is 24.5 Å². The van der Waals surface area contributed by atoms with Crippen molar-refractivity contribution in [2.75, 3.05) is 33.4 Å². The van der Waals surface area contributed by atoms with Crippen LogP contribution in [0.1, 0.15) is 19.4 Å². The zero-order valence-electron chi connectivity index (χ0n) is 13.6. The third-order valence-electron chi connectivity index (χ3n) is 2.90. The minimum atomic E-state index is 0.456. The molecule has 0 saturated heterocycles. The van der Waals surface area contributed by atoms with Gasteiger partial charge in [0, 0.05) is 13.6 Å². The molecular formula is C17H25N3O2. The molecule has 0 aliphatic rings. The van der Waals surface area contributed by atoms with Gasteiger partial charge in [0.05, 0.1) is 19.8 Å². The van der Waals surface area contributed by atoms with Gasteiger partial charge in [-0.05, 0) is 38.0 Å². The third-order valence-corrected chi connectivity index (χ3v) is 2.90. The lowest BCUT2D eigenvalue weighted by molar-refractivity contribution is 0.287. The maximum Gasteiger partial charge on any atom is 0.191 e. The molecule has 120 valence electrons. The van der Waals surface area contributed by atoms with Crippen molar-refractivity contribution in [3.63, 3.8) is 0 Å². The van der Waals surface area contributed by atoms with Gasteiger partial charge < -0.3 is 20.1 Å². The van der Waals surface area contributed by atoms with Crippen LogP contribution in [0.25, 0.3) is 0 Å². The molecule has 0 fully saturated rings. The van der Waals surface area contributed by atoms with E-state index in [4.69, 9.17) is 15.9 Å². The summed E-state index contributed by atoms with van der Waals surface area (Å²) in [6, 6.07) is 6.02. The number of ether oxygens (including phenoxy) is 2. The Balaban J connectivity index is 2.58. The van der Waals surface area contributed by atoms with Crippen LogP contribution in [-0.2, 0) is 6.42 Å². The summed E-state index contributed by atoms with van der Waals surface area (Å²) >= 11 is 0. The molecule has 1 rings (SSSR count). The average molecular weight is 303 g/mol. The second kappa shape index (κ2) is 10.4. The molecule has 0 saturated carbocycles. The van der Waals surface area contributed by atoms with Crippen LogP contribution in [0.5, 0.6) is 11.5 Å². The molecule has 0 heterocycles. The number of hydrogen-bond acceptors (Lipinski definition) is 3. The van der Waals surface area contributed by atoms with Crippen LogP contribution in [0, 0.1) is 12.3 Å². The van der Waals surface area contributed by atoms with Gasteiger partial charge in [-0.1, -0.05) is 12.0 Å². The smallest absolute Gasteiger partial charge is 0.191 e. The fourth-order valence-electron chi connectivity index (χ4n) is 1.93. The fraction of sp³-hybridized carbons (Fsp3) is 0.471. The molecule has 0 aliphatic carbocycles. The molecule has 0 aliphatic heterocycles. The van der Waals surface area contributed by atoms with Crippen molar-refractivity contribution in [1.82, 2.24) is 10.6 Å². The van der Waals surface area contributed by atoms with E-state index in [1.165, 1.54) is 5.56 Å². The lowest BCUT2D eigenvalue weighted by atomic mass is 10.1. The van der Waals surface area contributed by atoms with Crippen molar-refractivity contribution in [2.24, 2.45) is 4.99 Å². The van der Waals surface area contributed by atoms with Crippen molar-refractivity contribution in [2.45, 2.75) is 20.3 Å². The minimum absolute atomic E-state index is 0.456. The molecule has 5 nitrogen and oxygen atoms in total. The molecule has 0 spiro atoms. The van der Waals surface area contributed by atoms with Crippen LogP contribution in [0.4, 0.5) is 0 Å². The number of nitrogens with one attached hydrogen (secondary N) is 2. The normalized spacial score (nSPS) is 10.7. The number of terminal acetylenes is 1. The number of aliphatic imine (C=N–C) groups is 1. The minimum Gasteiger partial charge on any atom is -0.490 e. The maximum absolute atomic E-state index is 5.63. The third kappa shape index (κ3) is 5.96. The van der Waals surface area contributed by atoms with Crippen LogP contribution in [0.15, 0.2) is 23.2 Å². The van der Waals surface area contributed by atoms with Crippen LogP contribution in [-0.4, -0.2) is 39.3 Å². The van der Waals surface area contributed by atoms with Crippen LogP contribution in [0.2, 0.25) is 0 Å². The Morgan fingerprint density at radius 1 is 1.18 bits per heavy atom. The summed E-state index contributed by atoms with van der Waals surface area (Å²) in [7, 11) is 1.72. The summed E-state index contributed by atoms with van der Waals surface area (Å²) in [5.41, 5.74) is 1.17. The van der Waals surface area contributed by atoms with Gasteiger partial charge in [-0.25, -0.2) is 0 Å². The monoisotopic (exact) mass is 303 g/mol. The van der Waals surface area contributed by atoms with E-state index in [1.807, 2.05) is 32.0 Å². The zero-order chi connectivity index (χ0) is 16.2. The summed E-state index contributed by atoms with van der Waals surface area (Å²) in [4.78, 5) is 4.10. The second-order valence-corrected chi connectivity index (χ2v) is 4.45. The summed E-state index contributed by atoms with van der Waals surface area (Å²) in [6.07, 6.45) is 6.06. The highest BCUT2D eigenvalue weighted by molar-refractivity contribution is 5.79. The van der Waals surface area contributed by atoms with Gasteiger partial charge in [-0.3, -0.25) is 4.99 Å². The summed E-state index contributed by atoms with van der Waals surface area (Å²) in [5.74, 6) is 4.79. The van der Waals surface area contributed by atoms with Gasteiger partial charge in [0.1, 0.15) is 0 Å². The Labute approximate surface area is 133 Å². The number of guanidine groups is 1. The molecule has 2 N–H and O–H groups in total. The van der Waals surface area contributed by atoms with E-state index in [1.54, 1.807) is 7.05 Å². The zero-order valence-corrected chi connectivity index (χ0v) is 13.6. The average Bonchev–Trinajstić information content (AvgIpc) is 2.53. The standard InChI is InChI=1S/C17H25N3O2/c1-5-11-19-17(18-4)20-12-10-14-8-9-15(21-6-2)16(13-14)22-7-3/h1,8-9,13H,6-7,10-12H2,2-4H3,(H2,18,19,20). The lowest BCUT2D eigenvalue weighted by Gasteiger charge is -2.13. The highest BCUT2D eigenvalue weighted by atomic mass is 16.5. The topological polar surface area (TPSA) is 54.9 Å². The number of hydrogen-bond donors (Lipinski definition) is 2. The van der Waals surface area contributed by atoms with E-state index in [0.29, 0.717) is 25.7 Å². The number of benzene rings is 1. The first-order valence-corrected chi connectivity index (χ1v) is 7.51. The predicted octanol–water partition coefficient (Wildman–Crippen LogP) is 1.82. The molecule has 1 aromatic carbocycles. The maximum atomic E-state index is 5.63. The van der Waals surface area contributed by atoms with E-state index in [-0.39, 0.29) is 0 Å². The van der Waals surface area contributed by atoms with Gasteiger partial charge in [0.2, 0.25) is 0 Å². The molecule has 22 heavy (non-hydrogen) atoms. The van der Waals surface area contributed by atoms with E-state index < -0.39 is 0 Å². The van der Waals surface area contributed by atoms with Crippen molar-refractivity contribution in [1.29, 1.82) is 0 Å². The second-order valence-electron chi connectivity index (χ2n) is 4.45. The number of rotatable bonds is 8. The summed E-state index contributed by atoms with van der Waals surface area (Å²) in [5, 5.41) is 6.24. The van der Waals surface area contributed by atoms with Crippen LogP contribution < -0.4 is 20.1 Å². The van der Waals surface area contributed by atoms with Crippen molar-refractivity contribution in [3.8, 4) is 23.8 Å². The SMILES string of the molecule is C#CCNC(=NC)NCCc1ccc(OCC)c(OCC)c1. The van der Waals surface area contributed by atoms with E-state index in [2.05, 4.69) is 21.5 Å². The quantitative estimate of drug-likeness (QED) is 0.437. The molecule has 0 atom stereocenters. The molecule has 0 radical (unpaired) electrons. The number of nitrogens with zero attached hydrogens (tertiary/aromatic N) is 1. The predicted molar refractivity (Wildman–Crippen MR) is 90.7 cm³/mol. The fourth-order valence-corrected chi connectivity index (χ4v) is 1.93. The Hall–Kier alpha value is -2.35. The van der Waals surface area contributed by atoms with Crippen molar-refractivity contribution >= 4 is 5.96 Å². The van der Waals surface area contributed by atoms with Gasteiger partial charge >= 0.3 is 0 Å². The molecule has 0 aromatic heterocycles. The largest absolute Gasteiger partial charge is 0.490 e. The summed E-state index contributed by atoms with van der Waals surface area (Å²) < 4.78 is 11.2. The van der Waals surface area contributed by atoms with Gasteiger partial charge in [-0.15, -0.1) is 6.42 Å². The van der Waals surface area contributed by atoms with Crippen LogP contribution >= 0.6 is 0 Å². The highest BCUT2D eigenvalue weighted by Crippen LogP contribution is 2.28. The highest BCUT2D eigenvalue weighted by Gasteiger charge is 2.06. The first kappa shape index (κ1) is 17.7. The van der Waals surface area contributed by atoms with Crippen molar-refractivity contribution in [3.05, 3.63) is 23.8 Å². The Kier molecular flexibility index (Phi) is 8.36. The van der Waals surface area contributed by atoms with Gasteiger partial charge in [0.15, 0.2) is 17.5 Å². The Morgan fingerprint density at radius 3 is 2.55 bits per heavy atom. The molecule has 0 unspecified atom stereocenters. The molecule has 1 aromatic rings. The van der Waals surface area contributed by atoms with Gasteiger partial charge in [0.25, 0.3) is 0 Å². The molecule has 5 heteroatoms. The molecular weight excluding hydrogens is 278 g/mol. The Morgan fingerprint density at radius 2 is 1.91 bits per heavy atom.